The molecule has 0 aliphatic heterocycles. The van der Waals surface area contributed by atoms with Gasteiger partial charge in [-0.15, -0.1) is 0 Å². The van der Waals surface area contributed by atoms with E-state index in [2.05, 4.69) is 25.1 Å². The number of fused-ring (bicyclic) bond motifs is 1. The number of aryl methyl sites for hydroxylation is 2. The zero-order chi connectivity index (χ0) is 15.9. The monoisotopic (exact) mass is 287 g/mol. The summed E-state index contributed by atoms with van der Waals surface area (Å²) < 4.78 is 4.08. The lowest BCUT2D eigenvalue weighted by Crippen LogP contribution is -2.41. The molecule has 0 amide bonds. The average Bonchev–Trinajstić information content (AvgIpc) is 2.79. The molecule has 22 heavy (non-hydrogen) atoms. The van der Waals surface area contributed by atoms with Crippen LogP contribution in [0.2, 0.25) is 0 Å². The highest BCUT2D eigenvalue weighted by Gasteiger charge is 2.26. The third-order valence-corrected chi connectivity index (χ3v) is 4.07. The molecular weight excluding hydrogens is 272 g/mol. The van der Waals surface area contributed by atoms with Crippen LogP contribution in [0.4, 0.5) is 0 Å². The van der Waals surface area contributed by atoms with Gasteiger partial charge in [0.05, 0.1) is 29.8 Å². The molecule has 0 aliphatic rings. The Kier molecular flexibility index (Phi) is 3.16. The lowest BCUT2D eigenvalue weighted by Gasteiger charge is -2.04. The summed E-state index contributed by atoms with van der Waals surface area (Å²) in [7, 11) is 1.98. The predicted molar refractivity (Wildman–Crippen MR) is 83.4 cm³/mol. The van der Waals surface area contributed by atoms with E-state index in [1.807, 2.05) is 47.6 Å². The minimum absolute atomic E-state index is 0.507. The number of hydrogen-bond donors (Lipinski definition) is 0. The maximum atomic E-state index is 9.51. The molecule has 1 aromatic heterocycles. The van der Waals surface area contributed by atoms with Crippen molar-refractivity contribution in [1.29, 1.82) is 10.5 Å². The minimum atomic E-state index is 0.507. The lowest BCUT2D eigenvalue weighted by atomic mass is 10.0. The summed E-state index contributed by atoms with van der Waals surface area (Å²) in [5.74, 6) is 0. The van der Waals surface area contributed by atoms with E-state index in [1.165, 1.54) is 0 Å². The first-order valence-corrected chi connectivity index (χ1v) is 7.00. The molecule has 0 unspecified atom stereocenters. The Bertz CT molecular complexity index is 981. The molecule has 3 rings (SSSR count). The van der Waals surface area contributed by atoms with Gasteiger partial charge in [0.25, 0.3) is 5.69 Å². The van der Waals surface area contributed by atoms with Gasteiger partial charge < -0.3 is 0 Å². The summed E-state index contributed by atoms with van der Waals surface area (Å²) in [5.41, 5.74) is 4.93. The van der Waals surface area contributed by atoms with E-state index >= 15 is 0 Å². The topological polar surface area (TPSA) is 56.4 Å². The van der Waals surface area contributed by atoms with Gasteiger partial charge in [-0.2, -0.15) is 15.2 Å². The molecule has 0 spiro atoms. The van der Waals surface area contributed by atoms with E-state index in [0.717, 1.165) is 27.8 Å². The average molecular weight is 287 g/mol. The molecule has 0 saturated heterocycles. The summed E-state index contributed by atoms with van der Waals surface area (Å²) in [4.78, 5) is 0. The third-order valence-electron chi connectivity index (χ3n) is 4.07. The summed E-state index contributed by atoms with van der Waals surface area (Å²) in [6.45, 7) is 3.99. The normalized spacial score (nSPS) is 10.4. The Balaban J connectivity index is 2.47. The van der Waals surface area contributed by atoms with Gasteiger partial charge in [-0.05, 0) is 32.0 Å². The fourth-order valence-electron chi connectivity index (χ4n) is 2.93. The Morgan fingerprint density at radius 2 is 1.77 bits per heavy atom. The summed E-state index contributed by atoms with van der Waals surface area (Å²) >= 11 is 0. The molecule has 0 saturated carbocycles. The van der Waals surface area contributed by atoms with E-state index < -0.39 is 0 Å². The molecule has 0 bridgehead atoms. The second-order valence-corrected chi connectivity index (χ2v) is 5.35. The second kappa shape index (κ2) is 5.02. The van der Waals surface area contributed by atoms with Crippen LogP contribution in [-0.2, 0) is 7.05 Å². The molecular formula is C18H15N4+. The van der Waals surface area contributed by atoms with Gasteiger partial charge in [-0.1, -0.05) is 16.8 Å². The molecule has 3 aromatic rings. The number of nitriles is 2. The molecule has 4 nitrogen and oxygen atoms in total. The highest BCUT2D eigenvalue weighted by Crippen LogP contribution is 2.22. The largest absolute Gasteiger partial charge is 0.257 e. The number of para-hydroxylation sites is 1. The standard InChI is InChI=1S/C18H15N4/c1-12-8-14(10-19)9-15(11-20)18(12)22-17-7-5-4-6-16(17)13(2)21(22)3/h4-9H,1-3H3/q+1. The molecule has 1 heterocycles. The van der Waals surface area contributed by atoms with Crippen LogP contribution in [0.5, 0.6) is 0 Å². The van der Waals surface area contributed by atoms with Gasteiger partial charge in [-0.3, -0.25) is 0 Å². The van der Waals surface area contributed by atoms with Crippen molar-refractivity contribution in [2.75, 3.05) is 0 Å². The fourth-order valence-corrected chi connectivity index (χ4v) is 2.93. The Morgan fingerprint density at radius 1 is 1.05 bits per heavy atom. The maximum Gasteiger partial charge on any atom is 0.257 e. The SMILES string of the molecule is Cc1cc(C#N)cc(C#N)c1-[n+]1c2ccccc2c(C)n1C. The van der Waals surface area contributed by atoms with E-state index in [1.54, 1.807) is 6.07 Å². The van der Waals surface area contributed by atoms with Crippen molar-refractivity contribution in [1.82, 2.24) is 4.68 Å². The number of rotatable bonds is 1. The predicted octanol–water partition coefficient (Wildman–Crippen LogP) is 2.82. The molecule has 4 heteroatoms. The van der Waals surface area contributed by atoms with Crippen molar-refractivity contribution in [2.24, 2.45) is 7.05 Å². The van der Waals surface area contributed by atoms with Crippen molar-refractivity contribution in [2.45, 2.75) is 13.8 Å². The van der Waals surface area contributed by atoms with Crippen LogP contribution in [0.25, 0.3) is 16.6 Å². The molecule has 0 radical (unpaired) electrons. The lowest BCUT2D eigenvalue weighted by molar-refractivity contribution is -0.659. The fraction of sp³-hybridized carbons (Fsp3) is 0.167. The van der Waals surface area contributed by atoms with Gasteiger partial charge in [0, 0.05) is 11.6 Å². The highest BCUT2D eigenvalue weighted by atomic mass is 15.4. The van der Waals surface area contributed by atoms with E-state index in [4.69, 9.17) is 5.26 Å². The quantitative estimate of drug-likeness (QED) is 0.646. The Labute approximate surface area is 129 Å². The van der Waals surface area contributed by atoms with Crippen LogP contribution in [0, 0.1) is 36.5 Å². The third kappa shape index (κ3) is 1.86. The van der Waals surface area contributed by atoms with E-state index in [-0.39, 0.29) is 0 Å². The number of aromatic nitrogens is 2. The molecule has 0 aliphatic carbocycles. The maximum absolute atomic E-state index is 9.51. The van der Waals surface area contributed by atoms with Crippen LogP contribution in [0.1, 0.15) is 22.4 Å². The highest BCUT2D eigenvalue weighted by molar-refractivity contribution is 5.79. The Hall–Kier alpha value is -3.11. The van der Waals surface area contributed by atoms with Crippen LogP contribution >= 0.6 is 0 Å². The van der Waals surface area contributed by atoms with Crippen molar-refractivity contribution in [3.05, 3.63) is 58.8 Å². The van der Waals surface area contributed by atoms with Crippen LogP contribution in [0.15, 0.2) is 36.4 Å². The van der Waals surface area contributed by atoms with Gasteiger partial charge in [-0.25, -0.2) is 0 Å². The van der Waals surface area contributed by atoms with Crippen molar-refractivity contribution >= 4 is 10.9 Å². The number of benzene rings is 2. The number of nitrogens with zero attached hydrogens (tertiary/aromatic N) is 4. The second-order valence-electron chi connectivity index (χ2n) is 5.35. The van der Waals surface area contributed by atoms with Crippen molar-refractivity contribution in [3.63, 3.8) is 0 Å². The molecule has 106 valence electrons. The van der Waals surface area contributed by atoms with E-state index in [0.29, 0.717) is 11.1 Å². The zero-order valence-electron chi connectivity index (χ0n) is 12.8. The first kappa shape index (κ1) is 13.9. The van der Waals surface area contributed by atoms with Gasteiger partial charge in [0.2, 0.25) is 5.52 Å². The first-order valence-electron chi connectivity index (χ1n) is 7.00. The Morgan fingerprint density at radius 3 is 2.45 bits per heavy atom. The zero-order valence-corrected chi connectivity index (χ0v) is 12.8. The van der Waals surface area contributed by atoms with Crippen molar-refractivity contribution in [3.8, 4) is 17.8 Å². The summed E-state index contributed by atoms with van der Waals surface area (Å²) in [5, 5.41) is 19.8. The molecule has 0 atom stereocenters. The smallest absolute Gasteiger partial charge is 0.192 e. The van der Waals surface area contributed by atoms with Gasteiger partial charge >= 0.3 is 0 Å². The van der Waals surface area contributed by atoms with Crippen LogP contribution < -0.4 is 4.68 Å². The van der Waals surface area contributed by atoms with E-state index in [9.17, 15) is 5.26 Å². The summed E-state index contributed by atoms with van der Waals surface area (Å²) in [6.07, 6.45) is 0. The van der Waals surface area contributed by atoms with Crippen molar-refractivity contribution < 1.29 is 4.68 Å². The number of hydrogen-bond acceptors (Lipinski definition) is 2. The summed E-state index contributed by atoms with van der Waals surface area (Å²) in [6, 6.07) is 15.9. The minimum Gasteiger partial charge on any atom is -0.192 e. The van der Waals surface area contributed by atoms with Crippen LogP contribution in [-0.4, -0.2) is 4.68 Å². The first-order chi connectivity index (χ1) is 10.6. The molecule has 0 N–H and O–H groups in total. The van der Waals surface area contributed by atoms with Crippen LogP contribution in [0.3, 0.4) is 0 Å². The molecule has 2 aromatic carbocycles. The van der Waals surface area contributed by atoms with Gasteiger partial charge in [0.1, 0.15) is 11.6 Å². The van der Waals surface area contributed by atoms with Gasteiger partial charge in [0.15, 0.2) is 0 Å². The molecule has 0 fully saturated rings.